The van der Waals surface area contributed by atoms with Gasteiger partial charge in [-0.3, -0.25) is 9.48 Å². The molecule has 0 saturated carbocycles. The number of benzene rings is 1. The normalized spacial score (nSPS) is 14.8. The van der Waals surface area contributed by atoms with Crippen LogP contribution >= 0.6 is 11.3 Å². The summed E-state index contributed by atoms with van der Waals surface area (Å²) < 4.78 is 8.23. The number of nitrogens with one attached hydrogen (secondary N) is 1. The maximum absolute atomic E-state index is 12.8. The van der Waals surface area contributed by atoms with Crippen molar-refractivity contribution in [3.8, 4) is 0 Å². The molecular weight excluding hydrogens is 374 g/mol. The van der Waals surface area contributed by atoms with Crippen LogP contribution in [0.25, 0.3) is 10.2 Å². The van der Waals surface area contributed by atoms with Crippen LogP contribution in [0.15, 0.2) is 24.3 Å². The van der Waals surface area contributed by atoms with Crippen molar-refractivity contribution in [2.45, 2.75) is 33.2 Å². The smallest absolute Gasteiger partial charge is 0.273 e. The zero-order valence-corrected chi connectivity index (χ0v) is 17.3. The summed E-state index contributed by atoms with van der Waals surface area (Å²) in [7, 11) is 0. The number of anilines is 2. The Kier molecular flexibility index (Phi) is 5.32. The topological polar surface area (TPSA) is 72.3 Å². The average Bonchev–Trinajstić information content (AvgIpc) is 3.32. The van der Waals surface area contributed by atoms with Gasteiger partial charge < -0.3 is 15.0 Å². The Morgan fingerprint density at radius 1 is 1.29 bits per heavy atom. The van der Waals surface area contributed by atoms with Crippen LogP contribution < -0.4 is 10.2 Å². The molecule has 1 aromatic carbocycles. The van der Waals surface area contributed by atoms with Crippen molar-refractivity contribution in [3.63, 3.8) is 0 Å². The van der Waals surface area contributed by atoms with Gasteiger partial charge in [-0.2, -0.15) is 5.10 Å². The molecule has 0 aliphatic carbocycles. The number of carbonyl (C=O) groups is 1. The monoisotopic (exact) mass is 399 g/mol. The standard InChI is InChI=1S/C20H25N5O2S/c1-4-25-17(12-16(23-25)13(2)3)19(26)21-14-5-6-15-18(11-14)28-20(22-15)24-7-9-27-10-8-24/h5-6,11-13H,4,7-10H2,1-3H3,(H,21,26). The highest BCUT2D eigenvalue weighted by Crippen LogP contribution is 2.31. The van der Waals surface area contributed by atoms with E-state index in [9.17, 15) is 4.79 Å². The Hall–Kier alpha value is -2.45. The first kappa shape index (κ1) is 18.9. The molecule has 148 valence electrons. The van der Waals surface area contributed by atoms with E-state index in [0.717, 1.165) is 53.0 Å². The number of amides is 1. The number of hydrogen-bond acceptors (Lipinski definition) is 6. The van der Waals surface area contributed by atoms with Crippen LogP contribution in [0.4, 0.5) is 10.8 Å². The van der Waals surface area contributed by atoms with Gasteiger partial charge in [0.15, 0.2) is 5.13 Å². The highest BCUT2D eigenvalue weighted by Gasteiger charge is 2.18. The van der Waals surface area contributed by atoms with Gasteiger partial charge >= 0.3 is 0 Å². The maximum Gasteiger partial charge on any atom is 0.273 e. The first-order valence-corrected chi connectivity index (χ1v) is 10.5. The van der Waals surface area contributed by atoms with Gasteiger partial charge in [-0.1, -0.05) is 25.2 Å². The molecular formula is C20H25N5O2S. The lowest BCUT2D eigenvalue weighted by Crippen LogP contribution is -2.36. The third kappa shape index (κ3) is 3.74. The maximum atomic E-state index is 12.8. The van der Waals surface area contributed by atoms with Gasteiger partial charge in [0.05, 0.1) is 29.1 Å². The van der Waals surface area contributed by atoms with Crippen molar-refractivity contribution in [1.29, 1.82) is 0 Å². The Labute approximate surface area is 168 Å². The fraction of sp³-hybridized carbons (Fsp3) is 0.450. The molecule has 1 aliphatic rings. The zero-order valence-electron chi connectivity index (χ0n) is 16.4. The van der Waals surface area contributed by atoms with Crippen molar-refractivity contribution in [3.05, 3.63) is 35.7 Å². The Morgan fingerprint density at radius 3 is 2.79 bits per heavy atom. The van der Waals surface area contributed by atoms with E-state index in [2.05, 4.69) is 29.2 Å². The molecule has 0 atom stereocenters. The van der Waals surface area contributed by atoms with E-state index in [1.54, 1.807) is 16.0 Å². The predicted molar refractivity (Wildman–Crippen MR) is 113 cm³/mol. The summed E-state index contributed by atoms with van der Waals surface area (Å²) in [4.78, 5) is 19.8. The largest absolute Gasteiger partial charge is 0.378 e. The molecule has 28 heavy (non-hydrogen) atoms. The van der Waals surface area contributed by atoms with Gasteiger partial charge in [0, 0.05) is 25.3 Å². The highest BCUT2D eigenvalue weighted by atomic mass is 32.1. The van der Waals surface area contributed by atoms with Crippen molar-refractivity contribution >= 4 is 38.3 Å². The summed E-state index contributed by atoms with van der Waals surface area (Å²) >= 11 is 1.65. The van der Waals surface area contributed by atoms with E-state index in [0.29, 0.717) is 12.2 Å². The molecule has 2 aromatic heterocycles. The minimum atomic E-state index is -0.140. The Bertz CT molecular complexity index is 988. The number of carbonyl (C=O) groups excluding carboxylic acids is 1. The van der Waals surface area contributed by atoms with E-state index >= 15 is 0 Å². The van der Waals surface area contributed by atoms with Crippen molar-refractivity contribution in [2.75, 3.05) is 36.5 Å². The van der Waals surface area contributed by atoms with E-state index in [4.69, 9.17) is 9.72 Å². The number of nitrogens with zero attached hydrogens (tertiary/aromatic N) is 4. The van der Waals surface area contributed by atoms with Crippen molar-refractivity contribution in [1.82, 2.24) is 14.8 Å². The highest BCUT2D eigenvalue weighted by molar-refractivity contribution is 7.22. The van der Waals surface area contributed by atoms with E-state index in [-0.39, 0.29) is 11.8 Å². The summed E-state index contributed by atoms with van der Waals surface area (Å²) in [5.74, 6) is 0.144. The van der Waals surface area contributed by atoms with Crippen molar-refractivity contribution < 1.29 is 9.53 Å². The van der Waals surface area contributed by atoms with Gasteiger partial charge in [-0.25, -0.2) is 4.98 Å². The van der Waals surface area contributed by atoms with Crippen molar-refractivity contribution in [2.24, 2.45) is 0 Å². The lowest BCUT2D eigenvalue weighted by atomic mass is 10.1. The zero-order chi connectivity index (χ0) is 19.7. The van der Waals surface area contributed by atoms with E-state index in [1.165, 1.54) is 0 Å². The number of hydrogen-bond donors (Lipinski definition) is 1. The third-order valence-electron chi connectivity index (χ3n) is 4.84. The van der Waals surface area contributed by atoms with Crippen LogP contribution in [-0.4, -0.2) is 47.0 Å². The second-order valence-electron chi connectivity index (χ2n) is 7.16. The lowest BCUT2D eigenvalue weighted by molar-refractivity contribution is 0.101. The first-order chi connectivity index (χ1) is 13.5. The number of rotatable bonds is 5. The van der Waals surface area contributed by atoms with E-state index < -0.39 is 0 Å². The molecule has 1 amide bonds. The predicted octanol–water partition coefficient (Wildman–Crippen LogP) is 3.73. The number of ether oxygens (including phenoxy) is 1. The number of thiazole rings is 1. The molecule has 3 aromatic rings. The second-order valence-corrected chi connectivity index (χ2v) is 8.17. The minimum absolute atomic E-state index is 0.140. The van der Waals surface area contributed by atoms with Crippen LogP contribution in [0.5, 0.6) is 0 Å². The molecule has 1 fully saturated rings. The molecule has 0 spiro atoms. The summed E-state index contributed by atoms with van der Waals surface area (Å²) in [6.07, 6.45) is 0. The van der Waals surface area contributed by atoms with Crippen LogP contribution in [0.1, 0.15) is 42.9 Å². The van der Waals surface area contributed by atoms with Gasteiger partial charge in [0.2, 0.25) is 0 Å². The second kappa shape index (κ2) is 7.89. The molecule has 1 N–H and O–H groups in total. The van der Waals surface area contributed by atoms with Gasteiger partial charge in [0.25, 0.3) is 5.91 Å². The summed E-state index contributed by atoms with van der Waals surface area (Å²) in [5.41, 5.74) is 3.24. The lowest BCUT2D eigenvalue weighted by Gasteiger charge is -2.25. The Balaban J connectivity index is 1.55. The quantitative estimate of drug-likeness (QED) is 0.708. The minimum Gasteiger partial charge on any atom is -0.378 e. The first-order valence-electron chi connectivity index (χ1n) is 9.67. The number of aromatic nitrogens is 3. The average molecular weight is 400 g/mol. The van der Waals surface area contributed by atoms with Crippen LogP contribution in [0.2, 0.25) is 0 Å². The molecule has 1 saturated heterocycles. The number of morpholine rings is 1. The molecule has 1 aliphatic heterocycles. The third-order valence-corrected chi connectivity index (χ3v) is 5.92. The Morgan fingerprint density at radius 2 is 2.07 bits per heavy atom. The fourth-order valence-corrected chi connectivity index (χ4v) is 4.27. The molecule has 3 heterocycles. The summed E-state index contributed by atoms with van der Waals surface area (Å²) in [6.45, 7) is 10.0. The number of fused-ring (bicyclic) bond motifs is 1. The molecule has 7 nitrogen and oxygen atoms in total. The van der Waals surface area contributed by atoms with Gasteiger partial charge in [-0.15, -0.1) is 0 Å². The van der Waals surface area contributed by atoms with E-state index in [1.807, 2.05) is 31.2 Å². The molecule has 4 rings (SSSR count). The van der Waals surface area contributed by atoms with Gasteiger partial charge in [0.1, 0.15) is 5.69 Å². The van der Waals surface area contributed by atoms with Crippen LogP contribution in [0.3, 0.4) is 0 Å². The molecule has 0 bridgehead atoms. The molecule has 0 radical (unpaired) electrons. The van der Waals surface area contributed by atoms with Crippen LogP contribution in [0, 0.1) is 0 Å². The summed E-state index contributed by atoms with van der Waals surface area (Å²) in [5, 5.41) is 8.55. The molecule has 8 heteroatoms. The molecule has 0 unspecified atom stereocenters. The fourth-order valence-electron chi connectivity index (χ4n) is 3.22. The SMILES string of the molecule is CCn1nc(C(C)C)cc1C(=O)Nc1ccc2nc(N3CCOCC3)sc2c1. The van der Waals surface area contributed by atoms with Gasteiger partial charge in [-0.05, 0) is 37.1 Å². The number of aryl methyl sites for hydroxylation is 1. The van der Waals surface area contributed by atoms with Crippen LogP contribution in [-0.2, 0) is 11.3 Å². The summed E-state index contributed by atoms with van der Waals surface area (Å²) in [6, 6.07) is 7.73.